The quantitative estimate of drug-likeness (QED) is 0.715. The van der Waals surface area contributed by atoms with Crippen LogP contribution >= 0.6 is 15.9 Å². The molecule has 21 heavy (non-hydrogen) atoms. The fraction of sp³-hybridized carbons (Fsp3) is 0.294. The summed E-state index contributed by atoms with van der Waals surface area (Å²) >= 11 is 3.44. The third-order valence-corrected chi connectivity index (χ3v) is 4.15. The highest BCUT2D eigenvalue weighted by atomic mass is 79.9. The van der Waals surface area contributed by atoms with Gasteiger partial charge in [-0.1, -0.05) is 28.1 Å². The van der Waals surface area contributed by atoms with Crippen LogP contribution in [-0.4, -0.2) is 10.2 Å². The Labute approximate surface area is 133 Å². The minimum atomic E-state index is -0.266. The number of benzene rings is 2. The summed E-state index contributed by atoms with van der Waals surface area (Å²) in [4.78, 5) is 0. The number of hydrogen-bond acceptors (Lipinski definition) is 3. The van der Waals surface area contributed by atoms with E-state index in [-0.39, 0.29) is 23.1 Å². The molecule has 3 nitrogen and oxygen atoms in total. The second-order valence-electron chi connectivity index (χ2n) is 5.74. The van der Waals surface area contributed by atoms with Crippen LogP contribution < -0.4 is 5.32 Å². The molecule has 1 atom stereocenters. The van der Waals surface area contributed by atoms with Gasteiger partial charge in [-0.3, -0.25) is 0 Å². The van der Waals surface area contributed by atoms with Crippen molar-refractivity contribution in [2.45, 2.75) is 32.4 Å². The van der Waals surface area contributed by atoms with Gasteiger partial charge in [0.05, 0.1) is 0 Å². The standard InChI is InChI=1S/C17H20BrNO2/c1-11(15-10-14(20)8-9-16(15)21)19-17(2,3)12-4-6-13(18)7-5-12/h4-11,19-21H,1-3H3. The van der Waals surface area contributed by atoms with Crippen molar-refractivity contribution in [3.05, 3.63) is 58.1 Å². The minimum absolute atomic E-state index is 0.101. The van der Waals surface area contributed by atoms with E-state index in [0.29, 0.717) is 5.56 Å². The largest absolute Gasteiger partial charge is 0.508 e. The number of halogens is 1. The smallest absolute Gasteiger partial charge is 0.120 e. The van der Waals surface area contributed by atoms with Crippen LogP contribution in [0, 0.1) is 0 Å². The third kappa shape index (κ3) is 3.77. The van der Waals surface area contributed by atoms with Crippen molar-refractivity contribution in [1.29, 1.82) is 0 Å². The molecule has 2 rings (SSSR count). The van der Waals surface area contributed by atoms with E-state index in [1.54, 1.807) is 6.07 Å². The van der Waals surface area contributed by atoms with E-state index in [1.807, 2.05) is 19.1 Å². The molecule has 3 N–H and O–H groups in total. The van der Waals surface area contributed by atoms with E-state index in [2.05, 4.69) is 47.2 Å². The Morgan fingerprint density at radius 3 is 2.29 bits per heavy atom. The summed E-state index contributed by atoms with van der Waals surface area (Å²) < 4.78 is 1.04. The molecule has 0 heterocycles. The highest BCUT2D eigenvalue weighted by Crippen LogP contribution is 2.31. The SMILES string of the molecule is CC(NC(C)(C)c1ccc(Br)cc1)c1cc(O)ccc1O. The first-order valence-electron chi connectivity index (χ1n) is 6.85. The molecular weight excluding hydrogens is 330 g/mol. The number of aromatic hydroxyl groups is 2. The van der Waals surface area contributed by atoms with Crippen LogP contribution in [0.3, 0.4) is 0 Å². The molecule has 2 aromatic rings. The van der Waals surface area contributed by atoms with Crippen LogP contribution in [0.1, 0.15) is 37.9 Å². The molecule has 0 saturated heterocycles. The van der Waals surface area contributed by atoms with Gasteiger partial charge in [-0.15, -0.1) is 0 Å². The molecule has 1 unspecified atom stereocenters. The summed E-state index contributed by atoms with van der Waals surface area (Å²) in [5.74, 6) is 0.331. The Kier molecular flexibility index (Phi) is 4.59. The van der Waals surface area contributed by atoms with Gasteiger partial charge in [0.15, 0.2) is 0 Å². The molecule has 0 radical (unpaired) electrons. The average Bonchev–Trinajstić information content (AvgIpc) is 2.41. The van der Waals surface area contributed by atoms with E-state index in [9.17, 15) is 10.2 Å². The third-order valence-electron chi connectivity index (χ3n) is 3.62. The zero-order valence-electron chi connectivity index (χ0n) is 12.4. The molecule has 0 aliphatic rings. The fourth-order valence-electron chi connectivity index (χ4n) is 2.46. The highest BCUT2D eigenvalue weighted by molar-refractivity contribution is 9.10. The Bertz CT molecular complexity index is 623. The molecule has 112 valence electrons. The summed E-state index contributed by atoms with van der Waals surface area (Å²) in [5.41, 5.74) is 1.57. The fourth-order valence-corrected chi connectivity index (χ4v) is 2.72. The van der Waals surface area contributed by atoms with Gasteiger partial charge in [-0.2, -0.15) is 0 Å². The monoisotopic (exact) mass is 349 g/mol. The molecule has 0 fully saturated rings. The Morgan fingerprint density at radius 2 is 1.67 bits per heavy atom. The first-order chi connectivity index (χ1) is 9.79. The second-order valence-corrected chi connectivity index (χ2v) is 6.66. The number of rotatable bonds is 4. The van der Waals surface area contributed by atoms with Crippen LogP contribution in [0.25, 0.3) is 0 Å². The second kappa shape index (κ2) is 6.08. The number of phenolic OH excluding ortho intramolecular Hbond substituents is 2. The van der Waals surface area contributed by atoms with Gasteiger partial charge in [-0.05, 0) is 56.7 Å². The molecular formula is C17H20BrNO2. The average molecular weight is 350 g/mol. The molecule has 4 heteroatoms. The van der Waals surface area contributed by atoms with Crippen molar-refractivity contribution in [3.8, 4) is 11.5 Å². The summed E-state index contributed by atoms with van der Waals surface area (Å²) in [5, 5.41) is 23.0. The van der Waals surface area contributed by atoms with Gasteiger partial charge < -0.3 is 15.5 Å². The maximum atomic E-state index is 9.95. The number of nitrogens with one attached hydrogen (secondary N) is 1. The summed E-state index contributed by atoms with van der Waals surface area (Å²) in [6, 6.07) is 12.6. The lowest BCUT2D eigenvalue weighted by Gasteiger charge is -2.31. The van der Waals surface area contributed by atoms with Crippen molar-refractivity contribution in [1.82, 2.24) is 5.32 Å². The minimum Gasteiger partial charge on any atom is -0.508 e. The van der Waals surface area contributed by atoms with E-state index < -0.39 is 0 Å². The zero-order chi connectivity index (χ0) is 15.6. The zero-order valence-corrected chi connectivity index (χ0v) is 14.0. The molecule has 0 saturated carbocycles. The molecule has 0 aromatic heterocycles. The van der Waals surface area contributed by atoms with Crippen molar-refractivity contribution in [2.75, 3.05) is 0 Å². The molecule has 0 aliphatic heterocycles. The van der Waals surface area contributed by atoms with Gasteiger partial charge >= 0.3 is 0 Å². The molecule has 2 aromatic carbocycles. The van der Waals surface area contributed by atoms with Crippen molar-refractivity contribution < 1.29 is 10.2 Å². The summed E-state index contributed by atoms with van der Waals surface area (Å²) in [6.07, 6.45) is 0. The van der Waals surface area contributed by atoms with Gasteiger partial charge in [0, 0.05) is 21.6 Å². The Hall–Kier alpha value is -1.52. The normalized spacial score (nSPS) is 13.1. The summed E-state index contributed by atoms with van der Waals surface area (Å²) in [7, 11) is 0. The van der Waals surface area contributed by atoms with Crippen LogP contribution in [0.5, 0.6) is 11.5 Å². The predicted molar refractivity (Wildman–Crippen MR) is 88.5 cm³/mol. The van der Waals surface area contributed by atoms with Crippen LogP contribution in [0.4, 0.5) is 0 Å². The summed E-state index contributed by atoms with van der Waals surface area (Å²) in [6.45, 7) is 6.15. The van der Waals surface area contributed by atoms with E-state index in [4.69, 9.17) is 0 Å². The first-order valence-corrected chi connectivity index (χ1v) is 7.64. The Balaban J connectivity index is 2.23. The van der Waals surface area contributed by atoms with Crippen LogP contribution in [0.2, 0.25) is 0 Å². The van der Waals surface area contributed by atoms with E-state index in [1.165, 1.54) is 12.1 Å². The molecule has 0 amide bonds. The van der Waals surface area contributed by atoms with Gasteiger partial charge in [0.2, 0.25) is 0 Å². The number of phenols is 2. The first kappa shape index (κ1) is 15.9. The molecule has 0 bridgehead atoms. The lowest BCUT2D eigenvalue weighted by molar-refractivity contribution is 0.348. The lowest BCUT2D eigenvalue weighted by Crippen LogP contribution is -2.38. The topological polar surface area (TPSA) is 52.5 Å². The van der Waals surface area contributed by atoms with Crippen molar-refractivity contribution in [3.63, 3.8) is 0 Å². The lowest BCUT2D eigenvalue weighted by atomic mass is 9.92. The molecule has 0 aliphatic carbocycles. The van der Waals surface area contributed by atoms with Gasteiger partial charge in [0.25, 0.3) is 0 Å². The van der Waals surface area contributed by atoms with E-state index in [0.717, 1.165) is 10.0 Å². The highest BCUT2D eigenvalue weighted by Gasteiger charge is 2.24. The maximum Gasteiger partial charge on any atom is 0.120 e. The van der Waals surface area contributed by atoms with Gasteiger partial charge in [0.1, 0.15) is 11.5 Å². The van der Waals surface area contributed by atoms with Crippen LogP contribution in [-0.2, 0) is 5.54 Å². The number of hydrogen-bond donors (Lipinski definition) is 3. The maximum absolute atomic E-state index is 9.95. The van der Waals surface area contributed by atoms with E-state index >= 15 is 0 Å². The molecule has 0 spiro atoms. The Morgan fingerprint density at radius 1 is 1.05 bits per heavy atom. The predicted octanol–water partition coefficient (Wildman–Crippen LogP) is 4.45. The van der Waals surface area contributed by atoms with Gasteiger partial charge in [-0.25, -0.2) is 0 Å². The van der Waals surface area contributed by atoms with Crippen LogP contribution in [0.15, 0.2) is 46.9 Å². The van der Waals surface area contributed by atoms with Crippen molar-refractivity contribution >= 4 is 15.9 Å². The van der Waals surface area contributed by atoms with Crippen molar-refractivity contribution in [2.24, 2.45) is 0 Å².